The van der Waals surface area contributed by atoms with Gasteiger partial charge in [0.1, 0.15) is 0 Å². The van der Waals surface area contributed by atoms with Gasteiger partial charge in [0.25, 0.3) is 0 Å². The summed E-state index contributed by atoms with van der Waals surface area (Å²) in [5, 5.41) is 8.82. The van der Waals surface area contributed by atoms with E-state index in [0.29, 0.717) is 5.56 Å². The van der Waals surface area contributed by atoms with E-state index in [-0.39, 0.29) is 6.04 Å². The van der Waals surface area contributed by atoms with Crippen LogP contribution in [0.25, 0.3) is 5.69 Å². The Balaban J connectivity index is 2.54. The van der Waals surface area contributed by atoms with Crippen LogP contribution in [0, 0.1) is 11.3 Å². The summed E-state index contributed by atoms with van der Waals surface area (Å²) in [6.07, 6.45) is 3.46. The molecule has 0 saturated carbocycles. The van der Waals surface area contributed by atoms with Crippen molar-refractivity contribution in [2.75, 3.05) is 0 Å². The Morgan fingerprint density at radius 3 is 2.88 bits per heavy atom. The molecule has 1 unspecified atom stereocenters. The number of halogens is 1. The minimum atomic E-state index is -0.0972. The van der Waals surface area contributed by atoms with Gasteiger partial charge in [0.2, 0.25) is 0 Å². The topological polar surface area (TPSA) is 67.6 Å². The molecular formula is C12H11BrN4. The number of aromatic nitrogens is 2. The van der Waals surface area contributed by atoms with Crippen LogP contribution in [0.1, 0.15) is 24.2 Å². The lowest BCUT2D eigenvalue weighted by Gasteiger charge is -2.12. The zero-order valence-electron chi connectivity index (χ0n) is 9.26. The van der Waals surface area contributed by atoms with Crippen LogP contribution in [0.2, 0.25) is 0 Å². The van der Waals surface area contributed by atoms with E-state index in [0.717, 1.165) is 15.9 Å². The molecule has 1 atom stereocenters. The van der Waals surface area contributed by atoms with Crippen molar-refractivity contribution in [2.24, 2.45) is 5.73 Å². The van der Waals surface area contributed by atoms with Gasteiger partial charge in [-0.05, 0) is 41.1 Å². The average Bonchev–Trinajstić information content (AvgIpc) is 2.77. The smallest absolute Gasteiger partial charge is 0.0995 e. The molecule has 0 aliphatic heterocycles. The Kier molecular flexibility index (Phi) is 3.27. The monoisotopic (exact) mass is 290 g/mol. The third-order valence-corrected chi connectivity index (χ3v) is 3.11. The van der Waals surface area contributed by atoms with Gasteiger partial charge >= 0.3 is 0 Å². The molecule has 5 heteroatoms. The van der Waals surface area contributed by atoms with Crippen LogP contribution < -0.4 is 5.73 Å². The minimum Gasteiger partial charge on any atom is -0.323 e. The van der Waals surface area contributed by atoms with Crippen LogP contribution in [0.5, 0.6) is 0 Å². The number of nitrogens with two attached hydrogens (primary N) is 1. The molecule has 86 valence electrons. The molecule has 17 heavy (non-hydrogen) atoms. The zero-order chi connectivity index (χ0) is 12.4. The summed E-state index contributed by atoms with van der Waals surface area (Å²) in [5.41, 5.74) is 8.34. The van der Waals surface area contributed by atoms with Gasteiger partial charge in [0.15, 0.2) is 0 Å². The summed E-state index contributed by atoms with van der Waals surface area (Å²) in [7, 11) is 0. The number of imidazole rings is 1. The first-order chi connectivity index (χ1) is 8.13. The summed E-state index contributed by atoms with van der Waals surface area (Å²) in [6, 6.07) is 7.42. The van der Waals surface area contributed by atoms with Gasteiger partial charge in [0.05, 0.1) is 35.5 Å². The first-order valence-electron chi connectivity index (χ1n) is 5.11. The van der Waals surface area contributed by atoms with Crippen molar-refractivity contribution in [3.8, 4) is 11.8 Å². The molecule has 0 saturated heterocycles. The summed E-state index contributed by atoms with van der Waals surface area (Å²) in [5.74, 6) is 0. The molecule has 0 radical (unpaired) electrons. The van der Waals surface area contributed by atoms with Gasteiger partial charge in [-0.2, -0.15) is 5.26 Å². The fourth-order valence-electron chi connectivity index (χ4n) is 1.62. The quantitative estimate of drug-likeness (QED) is 0.924. The molecule has 0 aliphatic rings. The highest BCUT2D eigenvalue weighted by Crippen LogP contribution is 2.25. The van der Waals surface area contributed by atoms with Crippen LogP contribution in [-0.4, -0.2) is 9.55 Å². The minimum absolute atomic E-state index is 0.0972. The molecular weight excluding hydrogens is 280 g/mol. The third kappa shape index (κ3) is 2.23. The van der Waals surface area contributed by atoms with Crippen molar-refractivity contribution < 1.29 is 0 Å². The van der Waals surface area contributed by atoms with Gasteiger partial charge in [-0.15, -0.1) is 0 Å². The Hall–Kier alpha value is -1.64. The predicted molar refractivity (Wildman–Crippen MR) is 68.6 cm³/mol. The Labute approximate surface area is 108 Å². The SMILES string of the molecule is CC(N)c1cncn1-c1ccc(C#N)cc1Br. The number of rotatable bonds is 2. The highest BCUT2D eigenvalue weighted by atomic mass is 79.9. The molecule has 2 rings (SSSR count). The standard InChI is InChI=1S/C12H11BrN4/c1-8(15)12-6-16-7-17(12)11-3-2-9(5-14)4-10(11)13/h2-4,6-8H,15H2,1H3. The second-order valence-electron chi connectivity index (χ2n) is 3.76. The highest BCUT2D eigenvalue weighted by Gasteiger charge is 2.11. The van der Waals surface area contributed by atoms with Crippen molar-refractivity contribution in [1.29, 1.82) is 5.26 Å². The largest absolute Gasteiger partial charge is 0.323 e. The van der Waals surface area contributed by atoms with E-state index in [4.69, 9.17) is 11.0 Å². The molecule has 4 nitrogen and oxygen atoms in total. The lowest BCUT2D eigenvalue weighted by molar-refractivity contribution is 0.751. The molecule has 1 aromatic carbocycles. The van der Waals surface area contributed by atoms with E-state index in [2.05, 4.69) is 27.0 Å². The average molecular weight is 291 g/mol. The van der Waals surface area contributed by atoms with Crippen molar-refractivity contribution in [3.05, 3.63) is 46.5 Å². The van der Waals surface area contributed by atoms with Crippen molar-refractivity contribution >= 4 is 15.9 Å². The molecule has 0 amide bonds. The summed E-state index contributed by atoms with van der Waals surface area (Å²) >= 11 is 3.45. The van der Waals surface area contributed by atoms with Gasteiger partial charge < -0.3 is 10.3 Å². The number of hydrogen-bond donors (Lipinski definition) is 1. The molecule has 0 spiro atoms. The molecule has 1 heterocycles. The van der Waals surface area contributed by atoms with E-state index < -0.39 is 0 Å². The van der Waals surface area contributed by atoms with Crippen LogP contribution in [0.15, 0.2) is 35.2 Å². The van der Waals surface area contributed by atoms with Crippen molar-refractivity contribution in [2.45, 2.75) is 13.0 Å². The van der Waals surface area contributed by atoms with E-state index in [9.17, 15) is 0 Å². The molecule has 0 fully saturated rings. The summed E-state index contributed by atoms with van der Waals surface area (Å²) in [4.78, 5) is 4.10. The Morgan fingerprint density at radius 2 is 2.29 bits per heavy atom. The maximum absolute atomic E-state index is 8.82. The first kappa shape index (κ1) is 11.8. The van der Waals surface area contributed by atoms with E-state index in [1.54, 1.807) is 24.7 Å². The van der Waals surface area contributed by atoms with E-state index >= 15 is 0 Å². The second kappa shape index (κ2) is 4.70. The fraction of sp³-hybridized carbons (Fsp3) is 0.167. The van der Waals surface area contributed by atoms with Gasteiger partial charge in [0, 0.05) is 10.5 Å². The fourth-order valence-corrected chi connectivity index (χ4v) is 2.19. The highest BCUT2D eigenvalue weighted by molar-refractivity contribution is 9.10. The summed E-state index contributed by atoms with van der Waals surface area (Å²) in [6.45, 7) is 1.91. The third-order valence-electron chi connectivity index (χ3n) is 2.47. The van der Waals surface area contributed by atoms with Crippen LogP contribution in [-0.2, 0) is 0 Å². The van der Waals surface area contributed by atoms with Gasteiger partial charge in [-0.1, -0.05) is 0 Å². The number of hydrogen-bond acceptors (Lipinski definition) is 3. The van der Waals surface area contributed by atoms with Gasteiger partial charge in [-0.3, -0.25) is 0 Å². The normalized spacial score (nSPS) is 12.1. The Morgan fingerprint density at radius 1 is 1.53 bits per heavy atom. The van der Waals surface area contributed by atoms with Crippen LogP contribution in [0.4, 0.5) is 0 Å². The van der Waals surface area contributed by atoms with Crippen LogP contribution >= 0.6 is 15.9 Å². The lowest BCUT2D eigenvalue weighted by Crippen LogP contribution is -2.10. The van der Waals surface area contributed by atoms with Crippen molar-refractivity contribution in [3.63, 3.8) is 0 Å². The first-order valence-corrected chi connectivity index (χ1v) is 5.90. The molecule has 2 aromatic rings. The Bertz CT molecular complexity index is 580. The molecule has 2 N–H and O–H groups in total. The van der Waals surface area contributed by atoms with E-state index in [1.807, 2.05) is 17.6 Å². The maximum atomic E-state index is 8.82. The number of benzene rings is 1. The van der Waals surface area contributed by atoms with Crippen molar-refractivity contribution in [1.82, 2.24) is 9.55 Å². The van der Waals surface area contributed by atoms with Gasteiger partial charge in [-0.25, -0.2) is 4.98 Å². The lowest BCUT2D eigenvalue weighted by atomic mass is 10.2. The van der Waals surface area contributed by atoms with E-state index in [1.165, 1.54) is 0 Å². The number of nitrogens with zero attached hydrogens (tertiary/aromatic N) is 3. The number of nitriles is 1. The molecule has 0 bridgehead atoms. The summed E-state index contributed by atoms with van der Waals surface area (Å²) < 4.78 is 2.76. The maximum Gasteiger partial charge on any atom is 0.0995 e. The molecule has 0 aliphatic carbocycles. The van der Waals surface area contributed by atoms with Crippen LogP contribution in [0.3, 0.4) is 0 Å². The second-order valence-corrected chi connectivity index (χ2v) is 4.61. The predicted octanol–water partition coefficient (Wildman–Crippen LogP) is 2.53. The molecule has 1 aromatic heterocycles. The zero-order valence-corrected chi connectivity index (χ0v) is 10.8.